The van der Waals surface area contributed by atoms with Crippen molar-refractivity contribution in [2.24, 2.45) is 10.9 Å². The molecule has 0 aromatic carbocycles. The number of sulfonamides is 1. The third kappa shape index (κ3) is 3.06. The van der Waals surface area contributed by atoms with Crippen LogP contribution in [0.4, 0.5) is 0 Å². The fourth-order valence-corrected chi connectivity index (χ4v) is 3.00. The van der Waals surface area contributed by atoms with Crippen LogP contribution in [0.15, 0.2) is 5.16 Å². The minimum Gasteiger partial charge on any atom is -0.409 e. The highest BCUT2D eigenvalue weighted by Gasteiger charge is 2.30. The summed E-state index contributed by atoms with van der Waals surface area (Å²) >= 11 is 0. The molecule has 0 saturated carbocycles. The van der Waals surface area contributed by atoms with Crippen LogP contribution >= 0.6 is 0 Å². The van der Waals surface area contributed by atoms with Crippen LogP contribution in [0.3, 0.4) is 0 Å². The molecule has 7 nitrogen and oxygen atoms in total. The van der Waals surface area contributed by atoms with E-state index in [0.717, 1.165) is 0 Å². The van der Waals surface area contributed by atoms with E-state index < -0.39 is 16.1 Å². The third-order valence-electron chi connectivity index (χ3n) is 2.33. The van der Waals surface area contributed by atoms with Gasteiger partial charge in [-0.3, -0.25) is 0 Å². The van der Waals surface area contributed by atoms with Gasteiger partial charge < -0.3 is 15.7 Å². The first-order valence-electron chi connectivity index (χ1n) is 5.08. The van der Waals surface area contributed by atoms with Crippen LogP contribution in [0.1, 0.15) is 13.3 Å². The average molecular weight is 251 g/mol. The van der Waals surface area contributed by atoms with Crippen molar-refractivity contribution in [3.8, 4) is 0 Å². The SMILES string of the molecule is CCCS(=O)(=O)N1CCOC(C(N)=NO)C1. The van der Waals surface area contributed by atoms with E-state index >= 15 is 0 Å². The lowest BCUT2D eigenvalue weighted by Crippen LogP contribution is -2.50. The van der Waals surface area contributed by atoms with E-state index in [1.54, 1.807) is 6.92 Å². The molecule has 0 bridgehead atoms. The van der Waals surface area contributed by atoms with Gasteiger partial charge in [0.15, 0.2) is 5.84 Å². The van der Waals surface area contributed by atoms with Crippen molar-refractivity contribution in [2.75, 3.05) is 25.4 Å². The van der Waals surface area contributed by atoms with Gasteiger partial charge in [-0.2, -0.15) is 4.31 Å². The quantitative estimate of drug-likeness (QED) is 0.294. The molecule has 1 rings (SSSR count). The summed E-state index contributed by atoms with van der Waals surface area (Å²) in [5.74, 6) is 0.00648. The lowest BCUT2D eigenvalue weighted by molar-refractivity contribution is 0.0355. The van der Waals surface area contributed by atoms with E-state index in [4.69, 9.17) is 15.7 Å². The summed E-state index contributed by atoms with van der Waals surface area (Å²) in [4.78, 5) is 0. The van der Waals surface area contributed by atoms with Gasteiger partial charge in [0.25, 0.3) is 0 Å². The van der Waals surface area contributed by atoms with Gasteiger partial charge in [-0.1, -0.05) is 12.1 Å². The van der Waals surface area contributed by atoms with Crippen molar-refractivity contribution in [2.45, 2.75) is 19.4 Å². The molecule has 8 heteroatoms. The molecule has 0 spiro atoms. The molecule has 1 saturated heterocycles. The lowest BCUT2D eigenvalue weighted by Gasteiger charge is -2.31. The van der Waals surface area contributed by atoms with Gasteiger partial charge in [0, 0.05) is 13.1 Å². The molecule has 0 radical (unpaired) electrons. The molecule has 0 aromatic rings. The first-order chi connectivity index (χ1) is 7.51. The van der Waals surface area contributed by atoms with Gasteiger partial charge in [-0.15, -0.1) is 0 Å². The second kappa shape index (κ2) is 5.46. The molecule has 94 valence electrons. The van der Waals surface area contributed by atoms with E-state index in [1.165, 1.54) is 4.31 Å². The predicted octanol–water partition coefficient (Wildman–Crippen LogP) is -0.827. The highest BCUT2D eigenvalue weighted by Crippen LogP contribution is 2.11. The number of nitrogens with two attached hydrogens (primary N) is 1. The van der Waals surface area contributed by atoms with Crippen molar-refractivity contribution in [1.29, 1.82) is 0 Å². The van der Waals surface area contributed by atoms with Crippen molar-refractivity contribution in [1.82, 2.24) is 4.31 Å². The number of nitrogens with zero attached hydrogens (tertiary/aromatic N) is 2. The summed E-state index contributed by atoms with van der Waals surface area (Å²) in [6.45, 7) is 2.48. The highest BCUT2D eigenvalue weighted by molar-refractivity contribution is 7.89. The van der Waals surface area contributed by atoms with Gasteiger partial charge in [0.1, 0.15) is 6.10 Å². The van der Waals surface area contributed by atoms with Gasteiger partial charge >= 0.3 is 0 Å². The van der Waals surface area contributed by atoms with Crippen molar-refractivity contribution >= 4 is 15.9 Å². The largest absolute Gasteiger partial charge is 0.409 e. The number of hydrogen-bond acceptors (Lipinski definition) is 5. The number of hydrogen-bond donors (Lipinski definition) is 2. The van der Waals surface area contributed by atoms with Crippen LogP contribution < -0.4 is 5.73 Å². The maximum absolute atomic E-state index is 11.8. The Morgan fingerprint density at radius 3 is 2.94 bits per heavy atom. The second-order valence-corrected chi connectivity index (χ2v) is 5.65. The molecule has 1 fully saturated rings. The minimum atomic E-state index is -3.25. The van der Waals surface area contributed by atoms with Gasteiger partial charge in [-0.25, -0.2) is 8.42 Å². The first-order valence-corrected chi connectivity index (χ1v) is 6.69. The molecule has 16 heavy (non-hydrogen) atoms. The van der Waals surface area contributed by atoms with Crippen LogP contribution in [0.5, 0.6) is 0 Å². The number of oxime groups is 1. The molecule has 3 N–H and O–H groups in total. The molecule has 0 amide bonds. The number of amidine groups is 1. The van der Waals surface area contributed by atoms with E-state index in [2.05, 4.69) is 5.16 Å². The molecule has 0 aromatic heterocycles. The zero-order valence-corrected chi connectivity index (χ0v) is 9.98. The van der Waals surface area contributed by atoms with Crippen molar-refractivity contribution < 1.29 is 18.4 Å². The zero-order chi connectivity index (χ0) is 12.2. The van der Waals surface area contributed by atoms with Crippen LogP contribution in [-0.4, -0.2) is 55.3 Å². The van der Waals surface area contributed by atoms with Crippen LogP contribution in [0.2, 0.25) is 0 Å². The van der Waals surface area contributed by atoms with E-state index in [0.29, 0.717) is 13.0 Å². The molecule has 1 heterocycles. The molecule has 0 aliphatic carbocycles. The topological polar surface area (TPSA) is 105 Å². The van der Waals surface area contributed by atoms with Gasteiger partial charge in [0.2, 0.25) is 10.0 Å². The Labute approximate surface area is 94.9 Å². The van der Waals surface area contributed by atoms with E-state index in [-0.39, 0.29) is 24.7 Å². The molecule has 1 unspecified atom stereocenters. The second-order valence-electron chi connectivity index (χ2n) is 3.56. The predicted molar refractivity (Wildman–Crippen MR) is 58.8 cm³/mol. The number of morpholine rings is 1. The smallest absolute Gasteiger partial charge is 0.214 e. The van der Waals surface area contributed by atoms with Crippen LogP contribution in [-0.2, 0) is 14.8 Å². The van der Waals surface area contributed by atoms with Crippen LogP contribution in [0, 0.1) is 0 Å². The lowest BCUT2D eigenvalue weighted by atomic mass is 10.3. The number of rotatable bonds is 4. The van der Waals surface area contributed by atoms with Gasteiger partial charge in [-0.05, 0) is 6.42 Å². The molecule has 1 aliphatic heterocycles. The summed E-state index contributed by atoms with van der Waals surface area (Å²) in [5.41, 5.74) is 5.38. The normalized spacial score (nSPS) is 24.6. The van der Waals surface area contributed by atoms with Crippen molar-refractivity contribution in [3.05, 3.63) is 0 Å². The van der Waals surface area contributed by atoms with Crippen molar-refractivity contribution in [3.63, 3.8) is 0 Å². The molecule has 1 aliphatic rings. The third-order valence-corrected chi connectivity index (χ3v) is 4.37. The highest BCUT2D eigenvalue weighted by atomic mass is 32.2. The van der Waals surface area contributed by atoms with Gasteiger partial charge in [0.05, 0.1) is 12.4 Å². The Morgan fingerprint density at radius 1 is 1.69 bits per heavy atom. The Kier molecular flexibility index (Phi) is 4.51. The fraction of sp³-hybridized carbons (Fsp3) is 0.875. The number of ether oxygens (including phenoxy) is 1. The standard InChI is InChI=1S/C8H17N3O4S/c1-2-5-16(13,14)11-3-4-15-7(6-11)8(9)10-12/h7,12H,2-6H2,1H3,(H2,9,10). The maximum Gasteiger partial charge on any atom is 0.214 e. The zero-order valence-electron chi connectivity index (χ0n) is 9.16. The molecular weight excluding hydrogens is 234 g/mol. The molecule has 1 atom stereocenters. The Morgan fingerprint density at radius 2 is 2.38 bits per heavy atom. The molecular formula is C8H17N3O4S. The first kappa shape index (κ1) is 13.2. The summed E-state index contributed by atoms with van der Waals surface area (Å²) in [6.07, 6.45) is -0.0983. The fourth-order valence-electron chi connectivity index (χ4n) is 1.51. The van der Waals surface area contributed by atoms with Crippen LogP contribution in [0.25, 0.3) is 0 Å². The Hall–Kier alpha value is -0.860. The average Bonchev–Trinajstić information content (AvgIpc) is 2.28. The minimum absolute atomic E-state index is 0.101. The van der Waals surface area contributed by atoms with E-state index in [9.17, 15) is 8.42 Å². The summed E-state index contributed by atoms with van der Waals surface area (Å²) < 4.78 is 30.1. The Balaban J connectivity index is 2.71. The maximum atomic E-state index is 11.8. The summed E-state index contributed by atoms with van der Waals surface area (Å²) in [7, 11) is -3.25. The summed E-state index contributed by atoms with van der Waals surface area (Å²) in [5, 5.41) is 11.3. The van der Waals surface area contributed by atoms with E-state index in [1.807, 2.05) is 0 Å². The Bertz CT molecular complexity index is 354. The monoisotopic (exact) mass is 251 g/mol. The summed E-state index contributed by atoms with van der Waals surface area (Å²) in [6, 6.07) is 0.